The van der Waals surface area contributed by atoms with Crippen LogP contribution in [0.5, 0.6) is 0 Å². The molecule has 0 saturated carbocycles. The number of fused-ring (bicyclic) bond motifs is 1. The van der Waals surface area contributed by atoms with Crippen molar-refractivity contribution in [1.29, 1.82) is 0 Å². The average Bonchev–Trinajstić information content (AvgIpc) is 2.92. The highest BCUT2D eigenvalue weighted by Gasteiger charge is 2.28. The third kappa shape index (κ3) is 4.04. The average molecular weight is 323 g/mol. The molecule has 1 atom stereocenters. The lowest BCUT2D eigenvalue weighted by molar-refractivity contribution is 0.201. The highest BCUT2D eigenvalue weighted by Crippen LogP contribution is 2.33. The fourth-order valence-corrected chi connectivity index (χ4v) is 3.72. The zero-order valence-corrected chi connectivity index (χ0v) is 14.9. The summed E-state index contributed by atoms with van der Waals surface area (Å²) in [6.07, 6.45) is 1.17. The smallest absolute Gasteiger partial charge is 0.0477 e. The van der Waals surface area contributed by atoms with E-state index in [1.54, 1.807) is 0 Å². The Morgan fingerprint density at radius 2 is 1.96 bits per heavy atom. The Bertz CT molecular complexity index is 653. The molecule has 0 aromatic heterocycles. The van der Waals surface area contributed by atoms with Crippen LogP contribution < -0.4 is 5.73 Å². The van der Waals surface area contributed by atoms with Gasteiger partial charge in [0.25, 0.3) is 0 Å². The van der Waals surface area contributed by atoms with Crippen LogP contribution >= 0.6 is 0 Å². The third-order valence-electron chi connectivity index (χ3n) is 4.98. The fourth-order valence-electron chi connectivity index (χ4n) is 3.72. The van der Waals surface area contributed by atoms with Crippen molar-refractivity contribution in [2.45, 2.75) is 32.5 Å². The summed E-state index contributed by atoms with van der Waals surface area (Å²) < 4.78 is 0. The predicted molar refractivity (Wildman–Crippen MR) is 101 cm³/mol. The zero-order valence-electron chi connectivity index (χ0n) is 14.9. The summed E-state index contributed by atoms with van der Waals surface area (Å²) >= 11 is 0. The van der Waals surface area contributed by atoms with E-state index < -0.39 is 0 Å². The van der Waals surface area contributed by atoms with Gasteiger partial charge in [0.15, 0.2) is 0 Å². The molecule has 24 heavy (non-hydrogen) atoms. The maximum absolute atomic E-state index is 6.07. The summed E-state index contributed by atoms with van der Waals surface area (Å²) in [5.74, 6) is 0. The Morgan fingerprint density at radius 3 is 2.71 bits per heavy atom. The number of nitrogens with two attached hydrogens (primary N) is 1. The second kappa shape index (κ2) is 7.93. The van der Waals surface area contributed by atoms with Gasteiger partial charge in [-0.05, 0) is 43.6 Å². The van der Waals surface area contributed by atoms with Crippen LogP contribution in [-0.4, -0.2) is 36.5 Å². The lowest BCUT2D eigenvalue weighted by Gasteiger charge is -2.25. The molecule has 1 heterocycles. The van der Waals surface area contributed by atoms with Crippen LogP contribution in [0.15, 0.2) is 48.5 Å². The minimum atomic E-state index is 0.388. The Kier molecular flexibility index (Phi) is 5.67. The van der Waals surface area contributed by atoms with Crippen LogP contribution in [-0.2, 0) is 13.1 Å². The SMILES string of the molecule is Cc1ccc2c(c1)C(CN)N(CCCN(C)Cc1ccccc1)C2. The van der Waals surface area contributed by atoms with Crippen LogP contribution in [0.3, 0.4) is 0 Å². The van der Waals surface area contributed by atoms with Gasteiger partial charge in [-0.2, -0.15) is 0 Å². The molecular weight excluding hydrogens is 294 g/mol. The second-order valence-corrected chi connectivity index (χ2v) is 7.00. The molecule has 0 fully saturated rings. The predicted octanol–water partition coefficient (Wildman–Crippen LogP) is 3.33. The van der Waals surface area contributed by atoms with Gasteiger partial charge in [0.05, 0.1) is 0 Å². The summed E-state index contributed by atoms with van der Waals surface area (Å²) in [6.45, 7) is 7.14. The van der Waals surface area contributed by atoms with Crippen molar-refractivity contribution in [1.82, 2.24) is 9.80 Å². The van der Waals surface area contributed by atoms with Crippen molar-refractivity contribution >= 4 is 0 Å². The van der Waals surface area contributed by atoms with Crippen LogP contribution in [0.4, 0.5) is 0 Å². The summed E-state index contributed by atoms with van der Waals surface area (Å²) in [4.78, 5) is 4.95. The molecule has 1 aliphatic heterocycles. The number of aryl methyl sites for hydroxylation is 1. The zero-order chi connectivity index (χ0) is 16.9. The standard InChI is InChI=1S/C21H29N3/c1-17-9-10-19-16-24(21(14-22)20(19)13-17)12-6-11-23(2)15-18-7-4-3-5-8-18/h3-5,7-10,13,21H,6,11-12,14-16,22H2,1-2H3. The van der Waals surface area contributed by atoms with E-state index >= 15 is 0 Å². The molecule has 0 saturated heterocycles. The number of hydrogen-bond donors (Lipinski definition) is 1. The number of rotatable bonds is 7. The van der Waals surface area contributed by atoms with Gasteiger partial charge < -0.3 is 10.6 Å². The van der Waals surface area contributed by atoms with E-state index in [1.165, 1.54) is 28.7 Å². The van der Waals surface area contributed by atoms with Gasteiger partial charge in [0, 0.05) is 32.2 Å². The van der Waals surface area contributed by atoms with E-state index in [0.29, 0.717) is 12.6 Å². The van der Waals surface area contributed by atoms with Crippen LogP contribution in [0, 0.1) is 6.92 Å². The molecule has 2 aromatic carbocycles. The van der Waals surface area contributed by atoms with Crippen LogP contribution in [0.25, 0.3) is 0 Å². The Morgan fingerprint density at radius 1 is 1.17 bits per heavy atom. The molecule has 2 aromatic rings. The number of nitrogens with zero attached hydrogens (tertiary/aromatic N) is 2. The van der Waals surface area contributed by atoms with Crippen molar-refractivity contribution in [3.8, 4) is 0 Å². The van der Waals surface area contributed by atoms with Crippen LogP contribution in [0.1, 0.15) is 34.7 Å². The minimum absolute atomic E-state index is 0.388. The first-order valence-corrected chi connectivity index (χ1v) is 8.93. The van der Waals surface area contributed by atoms with Crippen LogP contribution in [0.2, 0.25) is 0 Å². The van der Waals surface area contributed by atoms with Gasteiger partial charge in [-0.25, -0.2) is 0 Å². The summed E-state index contributed by atoms with van der Waals surface area (Å²) in [5, 5.41) is 0. The number of hydrogen-bond acceptors (Lipinski definition) is 3. The second-order valence-electron chi connectivity index (χ2n) is 7.00. The van der Waals surface area contributed by atoms with Gasteiger partial charge in [-0.1, -0.05) is 54.1 Å². The molecule has 0 aliphatic carbocycles. The van der Waals surface area contributed by atoms with Gasteiger partial charge in [-0.15, -0.1) is 0 Å². The minimum Gasteiger partial charge on any atom is -0.329 e. The first-order chi connectivity index (χ1) is 11.7. The van der Waals surface area contributed by atoms with E-state index in [4.69, 9.17) is 5.73 Å². The van der Waals surface area contributed by atoms with Crippen molar-refractivity contribution in [2.75, 3.05) is 26.7 Å². The number of benzene rings is 2. The Labute approximate surface area is 146 Å². The molecule has 3 nitrogen and oxygen atoms in total. The lowest BCUT2D eigenvalue weighted by atomic mass is 10.0. The largest absolute Gasteiger partial charge is 0.329 e. The van der Waals surface area contributed by atoms with E-state index in [1.807, 2.05) is 0 Å². The molecule has 1 unspecified atom stereocenters. The molecule has 0 bridgehead atoms. The highest BCUT2D eigenvalue weighted by molar-refractivity contribution is 5.37. The summed E-state index contributed by atoms with van der Waals surface area (Å²) in [7, 11) is 2.20. The topological polar surface area (TPSA) is 32.5 Å². The van der Waals surface area contributed by atoms with E-state index in [-0.39, 0.29) is 0 Å². The molecule has 2 N–H and O–H groups in total. The molecule has 128 valence electrons. The molecule has 0 amide bonds. The van der Waals surface area contributed by atoms with Gasteiger partial charge in [-0.3, -0.25) is 4.90 Å². The molecular formula is C21H29N3. The quantitative estimate of drug-likeness (QED) is 0.848. The van der Waals surface area contributed by atoms with E-state index in [2.05, 4.69) is 72.3 Å². The Balaban J connectivity index is 1.50. The van der Waals surface area contributed by atoms with Crippen molar-refractivity contribution in [2.24, 2.45) is 5.73 Å². The summed E-state index contributed by atoms with van der Waals surface area (Å²) in [5.41, 5.74) is 11.7. The molecule has 1 aliphatic rings. The highest BCUT2D eigenvalue weighted by atomic mass is 15.2. The van der Waals surface area contributed by atoms with Crippen molar-refractivity contribution in [3.63, 3.8) is 0 Å². The fraction of sp³-hybridized carbons (Fsp3) is 0.429. The van der Waals surface area contributed by atoms with E-state index in [0.717, 1.165) is 26.2 Å². The van der Waals surface area contributed by atoms with Gasteiger partial charge in [0.1, 0.15) is 0 Å². The first-order valence-electron chi connectivity index (χ1n) is 8.93. The van der Waals surface area contributed by atoms with Gasteiger partial charge >= 0.3 is 0 Å². The lowest BCUT2D eigenvalue weighted by Crippen LogP contribution is -2.31. The monoisotopic (exact) mass is 323 g/mol. The Hall–Kier alpha value is -1.68. The molecule has 3 heteroatoms. The molecule has 3 rings (SSSR count). The van der Waals surface area contributed by atoms with Crippen molar-refractivity contribution in [3.05, 3.63) is 70.8 Å². The molecule has 0 spiro atoms. The maximum atomic E-state index is 6.07. The molecule has 0 radical (unpaired) electrons. The normalized spacial score (nSPS) is 17.4. The third-order valence-corrected chi connectivity index (χ3v) is 4.98. The van der Waals surface area contributed by atoms with Crippen molar-refractivity contribution < 1.29 is 0 Å². The van der Waals surface area contributed by atoms with E-state index in [9.17, 15) is 0 Å². The summed E-state index contributed by atoms with van der Waals surface area (Å²) in [6, 6.07) is 17.9. The first kappa shape index (κ1) is 17.2. The van der Waals surface area contributed by atoms with Gasteiger partial charge in [0.2, 0.25) is 0 Å². The maximum Gasteiger partial charge on any atom is 0.0477 e.